The van der Waals surface area contributed by atoms with Crippen molar-refractivity contribution in [3.63, 3.8) is 0 Å². The minimum absolute atomic E-state index is 0.00455. The van der Waals surface area contributed by atoms with Gasteiger partial charge in [0.15, 0.2) is 5.75 Å². The number of anilines is 1. The number of amides is 1. The Morgan fingerprint density at radius 1 is 1.10 bits per heavy atom. The Labute approximate surface area is 128 Å². The van der Waals surface area contributed by atoms with Gasteiger partial charge >= 0.3 is 0 Å². The van der Waals surface area contributed by atoms with Crippen LogP contribution in [0.15, 0.2) is 30.3 Å². The molecular formula is C13H7Cl3FNO2. The number of phenols is 1. The van der Waals surface area contributed by atoms with Crippen molar-refractivity contribution in [3.05, 3.63) is 56.8 Å². The van der Waals surface area contributed by atoms with Gasteiger partial charge in [0, 0.05) is 10.6 Å². The molecule has 0 atom stereocenters. The van der Waals surface area contributed by atoms with E-state index in [9.17, 15) is 14.3 Å². The zero-order chi connectivity index (χ0) is 14.9. The predicted molar refractivity (Wildman–Crippen MR) is 77.5 cm³/mol. The molecule has 0 aliphatic carbocycles. The van der Waals surface area contributed by atoms with Crippen LogP contribution in [0, 0.1) is 5.82 Å². The summed E-state index contributed by atoms with van der Waals surface area (Å²) >= 11 is 17.0. The first-order valence-electron chi connectivity index (χ1n) is 5.33. The number of hydrogen-bond donors (Lipinski definition) is 2. The van der Waals surface area contributed by atoms with E-state index >= 15 is 0 Å². The third-order valence-electron chi connectivity index (χ3n) is 2.46. The van der Waals surface area contributed by atoms with Crippen LogP contribution in [-0.2, 0) is 0 Å². The monoisotopic (exact) mass is 333 g/mol. The molecule has 2 aromatic carbocycles. The number of carbonyl (C=O) groups excluding carboxylic acids is 1. The minimum Gasteiger partial charge on any atom is -0.504 e. The van der Waals surface area contributed by atoms with E-state index in [1.165, 1.54) is 24.3 Å². The lowest BCUT2D eigenvalue weighted by Gasteiger charge is -2.09. The Balaban J connectivity index is 2.30. The van der Waals surface area contributed by atoms with Crippen molar-refractivity contribution >= 4 is 46.4 Å². The molecule has 0 aliphatic rings. The van der Waals surface area contributed by atoms with E-state index in [1.807, 2.05) is 0 Å². The molecule has 3 nitrogen and oxygen atoms in total. The van der Waals surface area contributed by atoms with Gasteiger partial charge in [0.05, 0.1) is 15.7 Å². The zero-order valence-corrected chi connectivity index (χ0v) is 12.0. The Morgan fingerprint density at radius 2 is 1.80 bits per heavy atom. The van der Waals surface area contributed by atoms with Gasteiger partial charge < -0.3 is 10.4 Å². The summed E-state index contributed by atoms with van der Waals surface area (Å²) < 4.78 is 13.3. The molecule has 0 aliphatic heterocycles. The summed E-state index contributed by atoms with van der Waals surface area (Å²) in [6.07, 6.45) is 0. The average molecular weight is 335 g/mol. The molecule has 20 heavy (non-hydrogen) atoms. The lowest BCUT2D eigenvalue weighted by Crippen LogP contribution is -2.12. The minimum atomic E-state index is -0.715. The normalized spacial score (nSPS) is 10.4. The molecule has 0 fully saturated rings. The average Bonchev–Trinajstić information content (AvgIpc) is 2.38. The van der Waals surface area contributed by atoms with Gasteiger partial charge in [0.2, 0.25) is 0 Å². The van der Waals surface area contributed by atoms with Crippen LogP contribution in [0.3, 0.4) is 0 Å². The number of nitrogens with one attached hydrogen (secondary N) is 1. The second kappa shape index (κ2) is 5.87. The molecule has 0 saturated carbocycles. The fourth-order valence-electron chi connectivity index (χ4n) is 1.49. The summed E-state index contributed by atoms with van der Waals surface area (Å²) in [5.41, 5.74) is 0.0743. The van der Waals surface area contributed by atoms with Gasteiger partial charge in [0.25, 0.3) is 5.91 Å². The van der Waals surface area contributed by atoms with Crippen LogP contribution in [-0.4, -0.2) is 11.0 Å². The maximum atomic E-state index is 13.3. The van der Waals surface area contributed by atoms with E-state index in [0.29, 0.717) is 0 Å². The number of rotatable bonds is 2. The smallest absolute Gasteiger partial charge is 0.255 e. The van der Waals surface area contributed by atoms with Crippen LogP contribution in [0.25, 0.3) is 0 Å². The van der Waals surface area contributed by atoms with Crippen LogP contribution in [0.4, 0.5) is 10.1 Å². The van der Waals surface area contributed by atoms with Gasteiger partial charge in [-0.2, -0.15) is 0 Å². The molecule has 2 rings (SSSR count). The highest BCUT2D eigenvalue weighted by Crippen LogP contribution is 2.35. The number of benzene rings is 2. The number of aromatic hydroxyl groups is 1. The fourth-order valence-corrected chi connectivity index (χ4v) is 2.10. The molecule has 0 bridgehead atoms. The second-order valence-electron chi connectivity index (χ2n) is 3.87. The van der Waals surface area contributed by atoms with Gasteiger partial charge in [-0.1, -0.05) is 34.8 Å². The largest absolute Gasteiger partial charge is 0.504 e. The van der Waals surface area contributed by atoms with E-state index in [4.69, 9.17) is 34.8 Å². The molecule has 1 amide bonds. The topological polar surface area (TPSA) is 49.3 Å². The van der Waals surface area contributed by atoms with Crippen molar-refractivity contribution in [2.24, 2.45) is 0 Å². The van der Waals surface area contributed by atoms with Gasteiger partial charge in [-0.05, 0) is 30.3 Å². The lowest BCUT2D eigenvalue weighted by molar-refractivity contribution is 0.102. The van der Waals surface area contributed by atoms with E-state index in [2.05, 4.69) is 5.32 Å². The molecule has 2 aromatic rings. The number of phenolic OH excluding ortho intramolecular Hbond substituents is 1. The molecule has 7 heteroatoms. The first kappa shape index (κ1) is 14.9. The number of hydrogen-bond acceptors (Lipinski definition) is 2. The maximum Gasteiger partial charge on any atom is 0.255 e. The lowest BCUT2D eigenvalue weighted by atomic mass is 10.2. The molecule has 0 radical (unpaired) electrons. The van der Waals surface area contributed by atoms with E-state index in [-0.39, 0.29) is 32.1 Å². The summed E-state index contributed by atoms with van der Waals surface area (Å²) in [5, 5.41) is 12.3. The van der Waals surface area contributed by atoms with Crippen LogP contribution < -0.4 is 5.32 Å². The molecule has 0 saturated heterocycles. The fraction of sp³-hybridized carbons (Fsp3) is 0. The summed E-state index contributed by atoms with van der Waals surface area (Å²) in [4.78, 5) is 11.9. The van der Waals surface area contributed by atoms with Crippen molar-refractivity contribution in [3.8, 4) is 5.75 Å². The van der Waals surface area contributed by atoms with Crippen molar-refractivity contribution in [2.45, 2.75) is 0 Å². The molecule has 0 spiro atoms. The zero-order valence-electron chi connectivity index (χ0n) is 9.75. The predicted octanol–water partition coefficient (Wildman–Crippen LogP) is 4.74. The van der Waals surface area contributed by atoms with Crippen molar-refractivity contribution < 1.29 is 14.3 Å². The van der Waals surface area contributed by atoms with Crippen LogP contribution in [0.2, 0.25) is 15.1 Å². The first-order valence-corrected chi connectivity index (χ1v) is 6.46. The van der Waals surface area contributed by atoms with Crippen molar-refractivity contribution in [1.82, 2.24) is 0 Å². The van der Waals surface area contributed by atoms with E-state index < -0.39 is 11.7 Å². The molecule has 0 unspecified atom stereocenters. The Hall–Kier alpha value is -1.49. The Kier molecular flexibility index (Phi) is 4.38. The van der Waals surface area contributed by atoms with E-state index in [0.717, 1.165) is 6.07 Å². The summed E-state index contributed by atoms with van der Waals surface area (Å²) in [5.74, 6) is -1.67. The first-order chi connectivity index (χ1) is 9.38. The quantitative estimate of drug-likeness (QED) is 0.779. The maximum absolute atomic E-state index is 13.3. The van der Waals surface area contributed by atoms with Crippen LogP contribution in [0.1, 0.15) is 10.4 Å². The van der Waals surface area contributed by atoms with Crippen molar-refractivity contribution in [2.75, 3.05) is 5.32 Å². The second-order valence-corrected chi connectivity index (χ2v) is 5.12. The molecule has 104 valence electrons. The highest BCUT2D eigenvalue weighted by Gasteiger charge is 2.13. The Bertz CT molecular complexity index is 692. The van der Waals surface area contributed by atoms with E-state index in [1.54, 1.807) is 0 Å². The molecule has 0 heterocycles. The number of carbonyl (C=O) groups is 1. The van der Waals surface area contributed by atoms with Gasteiger partial charge in [-0.25, -0.2) is 4.39 Å². The standard InChI is InChI=1S/C13H7Cl3FNO2/c14-7-4-9(16)12(19)11(5-7)18-13(20)6-1-2-8(15)10(17)3-6/h1-5,19H,(H,18,20). The third-order valence-corrected chi connectivity index (χ3v) is 3.27. The summed E-state index contributed by atoms with van der Waals surface area (Å²) in [6, 6.07) is 6.25. The van der Waals surface area contributed by atoms with Gasteiger partial charge in [0.1, 0.15) is 5.82 Å². The summed E-state index contributed by atoms with van der Waals surface area (Å²) in [7, 11) is 0. The summed E-state index contributed by atoms with van der Waals surface area (Å²) in [6.45, 7) is 0. The molecular weight excluding hydrogens is 328 g/mol. The SMILES string of the molecule is O=C(Nc1cc(Cl)cc(Cl)c1O)c1ccc(Cl)c(F)c1. The highest BCUT2D eigenvalue weighted by atomic mass is 35.5. The molecule has 0 aromatic heterocycles. The number of halogens is 4. The molecule has 2 N–H and O–H groups in total. The van der Waals surface area contributed by atoms with Crippen molar-refractivity contribution in [1.29, 1.82) is 0 Å². The highest BCUT2D eigenvalue weighted by molar-refractivity contribution is 6.36. The van der Waals surface area contributed by atoms with Gasteiger partial charge in [-0.3, -0.25) is 4.79 Å². The third kappa shape index (κ3) is 3.15. The Morgan fingerprint density at radius 3 is 2.45 bits per heavy atom. The van der Waals surface area contributed by atoms with Crippen LogP contribution >= 0.6 is 34.8 Å². The van der Waals surface area contributed by atoms with Crippen LogP contribution in [0.5, 0.6) is 5.75 Å². The van der Waals surface area contributed by atoms with Gasteiger partial charge in [-0.15, -0.1) is 0 Å².